The number of nitrogen functional groups attached to an aromatic ring is 1. The van der Waals surface area contributed by atoms with Gasteiger partial charge in [0, 0.05) is 11.4 Å². The molecule has 6 nitrogen and oxygen atoms in total. The van der Waals surface area contributed by atoms with Crippen molar-refractivity contribution in [3.63, 3.8) is 0 Å². The third-order valence-electron chi connectivity index (χ3n) is 2.92. The van der Waals surface area contributed by atoms with Crippen LogP contribution in [0.15, 0.2) is 36.8 Å². The van der Waals surface area contributed by atoms with Crippen LogP contribution in [0, 0.1) is 0 Å². The number of nitrogens with zero attached hydrogens (tertiary/aromatic N) is 4. The average Bonchev–Trinajstić information content (AvgIpc) is 2.85. The van der Waals surface area contributed by atoms with Crippen molar-refractivity contribution in [3.05, 3.63) is 36.8 Å². The monoisotopic (exact) mass is 290 g/mol. The molecule has 0 fully saturated rings. The highest BCUT2D eigenvalue weighted by molar-refractivity contribution is 5.88. The average molecular weight is 290 g/mol. The predicted octanol–water partition coefficient (Wildman–Crippen LogP) is 2.42. The van der Waals surface area contributed by atoms with Gasteiger partial charge in [-0.1, -0.05) is 0 Å². The molecule has 3 rings (SSSR count). The molecule has 0 amide bonds. The smallest absolute Gasteiger partial charge is 0.258 e. The molecule has 0 aliphatic rings. The lowest BCUT2D eigenvalue weighted by atomic mass is 10.3. The quantitative estimate of drug-likeness (QED) is 0.721. The van der Waals surface area contributed by atoms with Crippen molar-refractivity contribution in [2.45, 2.75) is 13.0 Å². The SMILES string of the molecule is Nc1ccc(Nc2ncnc3c2cnn3CC(F)F)cc1. The summed E-state index contributed by atoms with van der Waals surface area (Å²) in [5, 5.41) is 7.60. The van der Waals surface area contributed by atoms with E-state index in [2.05, 4.69) is 20.4 Å². The molecule has 0 aliphatic heterocycles. The van der Waals surface area contributed by atoms with Gasteiger partial charge in [-0.2, -0.15) is 5.10 Å². The summed E-state index contributed by atoms with van der Waals surface area (Å²) in [7, 11) is 0. The molecule has 0 radical (unpaired) electrons. The van der Waals surface area contributed by atoms with E-state index in [9.17, 15) is 8.78 Å². The Balaban J connectivity index is 1.95. The number of benzene rings is 1. The van der Waals surface area contributed by atoms with Gasteiger partial charge >= 0.3 is 0 Å². The topological polar surface area (TPSA) is 81.7 Å². The summed E-state index contributed by atoms with van der Waals surface area (Å²) in [6, 6.07) is 7.10. The van der Waals surface area contributed by atoms with Gasteiger partial charge in [-0.05, 0) is 24.3 Å². The van der Waals surface area contributed by atoms with Crippen molar-refractivity contribution in [1.82, 2.24) is 19.7 Å². The van der Waals surface area contributed by atoms with Crippen molar-refractivity contribution >= 4 is 28.2 Å². The highest BCUT2D eigenvalue weighted by atomic mass is 19.3. The summed E-state index contributed by atoms with van der Waals surface area (Å²) in [5.41, 5.74) is 7.42. The Morgan fingerprint density at radius 3 is 2.67 bits per heavy atom. The van der Waals surface area contributed by atoms with Crippen molar-refractivity contribution < 1.29 is 8.78 Å². The van der Waals surface area contributed by atoms with Crippen LogP contribution < -0.4 is 11.1 Å². The van der Waals surface area contributed by atoms with E-state index in [0.29, 0.717) is 22.5 Å². The van der Waals surface area contributed by atoms with Crippen LogP contribution in [0.5, 0.6) is 0 Å². The molecule has 2 heterocycles. The Kier molecular flexibility index (Phi) is 3.35. The molecular formula is C13H12F2N6. The maximum atomic E-state index is 12.5. The fourth-order valence-electron chi connectivity index (χ4n) is 1.96. The van der Waals surface area contributed by atoms with E-state index in [4.69, 9.17) is 5.73 Å². The summed E-state index contributed by atoms with van der Waals surface area (Å²) >= 11 is 0. The highest BCUT2D eigenvalue weighted by Gasteiger charge is 2.13. The van der Waals surface area contributed by atoms with E-state index in [1.807, 2.05) is 0 Å². The van der Waals surface area contributed by atoms with Gasteiger partial charge in [0.15, 0.2) is 5.65 Å². The first kappa shape index (κ1) is 13.2. The van der Waals surface area contributed by atoms with Gasteiger partial charge < -0.3 is 11.1 Å². The van der Waals surface area contributed by atoms with Gasteiger partial charge in [-0.25, -0.2) is 23.4 Å². The van der Waals surface area contributed by atoms with E-state index >= 15 is 0 Å². The second kappa shape index (κ2) is 5.31. The van der Waals surface area contributed by atoms with Gasteiger partial charge in [-0.15, -0.1) is 0 Å². The zero-order chi connectivity index (χ0) is 14.8. The largest absolute Gasteiger partial charge is 0.399 e. The lowest BCUT2D eigenvalue weighted by Gasteiger charge is -2.07. The summed E-state index contributed by atoms with van der Waals surface area (Å²) < 4.78 is 26.1. The molecule has 0 spiro atoms. The van der Waals surface area contributed by atoms with Crippen LogP contribution in [0.4, 0.5) is 26.0 Å². The molecule has 3 aromatic rings. The van der Waals surface area contributed by atoms with E-state index < -0.39 is 13.0 Å². The van der Waals surface area contributed by atoms with Gasteiger partial charge in [0.2, 0.25) is 0 Å². The maximum absolute atomic E-state index is 12.5. The van der Waals surface area contributed by atoms with Gasteiger partial charge in [0.1, 0.15) is 18.7 Å². The Morgan fingerprint density at radius 1 is 1.19 bits per heavy atom. The van der Waals surface area contributed by atoms with E-state index in [0.717, 1.165) is 10.4 Å². The van der Waals surface area contributed by atoms with Crippen LogP contribution >= 0.6 is 0 Å². The first-order valence-corrected chi connectivity index (χ1v) is 6.21. The van der Waals surface area contributed by atoms with Crippen LogP contribution in [0.25, 0.3) is 11.0 Å². The third-order valence-corrected chi connectivity index (χ3v) is 2.92. The zero-order valence-corrected chi connectivity index (χ0v) is 10.9. The molecule has 0 atom stereocenters. The number of aromatic nitrogens is 4. The Bertz CT molecular complexity index is 753. The molecule has 3 N–H and O–H groups in total. The lowest BCUT2D eigenvalue weighted by Crippen LogP contribution is -2.08. The molecule has 2 aromatic heterocycles. The normalized spacial score (nSPS) is 11.2. The number of rotatable bonds is 4. The summed E-state index contributed by atoms with van der Waals surface area (Å²) in [6.07, 6.45) is 0.291. The second-order valence-corrected chi connectivity index (χ2v) is 4.42. The molecular weight excluding hydrogens is 278 g/mol. The van der Waals surface area contributed by atoms with Crippen molar-refractivity contribution in [2.75, 3.05) is 11.1 Å². The second-order valence-electron chi connectivity index (χ2n) is 4.42. The zero-order valence-electron chi connectivity index (χ0n) is 10.9. The third kappa shape index (κ3) is 2.73. The molecule has 0 saturated heterocycles. The van der Waals surface area contributed by atoms with E-state index in [1.165, 1.54) is 12.5 Å². The Hall–Kier alpha value is -2.77. The number of nitrogens with two attached hydrogens (primary N) is 1. The summed E-state index contributed by atoms with van der Waals surface area (Å²) in [4.78, 5) is 8.13. The van der Waals surface area contributed by atoms with Gasteiger partial charge in [0.25, 0.3) is 6.43 Å². The minimum atomic E-state index is -2.49. The van der Waals surface area contributed by atoms with Crippen LogP contribution in [0.3, 0.4) is 0 Å². The minimum Gasteiger partial charge on any atom is -0.399 e. The number of hydrogen-bond acceptors (Lipinski definition) is 5. The standard InChI is InChI=1S/C13H12F2N6/c14-11(15)6-21-13-10(5-19-21)12(17-7-18-13)20-9-3-1-8(16)2-4-9/h1-5,7,11H,6,16H2,(H,17,18,20). The number of fused-ring (bicyclic) bond motifs is 1. The van der Waals surface area contributed by atoms with Crippen LogP contribution in [-0.2, 0) is 6.54 Å². The van der Waals surface area contributed by atoms with Crippen LogP contribution in [0.2, 0.25) is 0 Å². The molecule has 0 aliphatic carbocycles. The van der Waals surface area contributed by atoms with Gasteiger partial charge in [0.05, 0.1) is 11.6 Å². The van der Waals surface area contributed by atoms with Crippen LogP contribution in [-0.4, -0.2) is 26.2 Å². The number of nitrogens with one attached hydrogen (secondary N) is 1. The Labute approximate surface area is 118 Å². The predicted molar refractivity (Wildman–Crippen MR) is 75.5 cm³/mol. The molecule has 8 heteroatoms. The fourth-order valence-corrected chi connectivity index (χ4v) is 1.96. The number of alkyl halides is 2. The van der Waals surface area contributed by atoms with Crippen molar-refractivity contribution in [3.8, 4) is 0 Å². The molecule has 0 bridgehead atoms. The first-order chi connectivity index (χ1) is 10.1. The molecule has 0 saturated carbocycles. The van der Waals surface area contributed by atoms with E-state index in [-0.39, 0.29) is 0 Å². The van der Waals surface area contributed by atoms with Crippen LogP contribution in [0.1, 0.15) is 0 Å². The van der Waals surface area contributed by atoms with Crippen molar-refractivity contribution in [1.29, 1.82) is 0 Å². The molecule has 0 unspecified atom stereocenters. The van der Waals surface area contributed by atoms with Gasteiger partial charge in [-0.3, -0.25) is 0 Å². The molecule has 21 heavy (non-hydrogen) atoms. The van der Waals surface area contributed by atoms with Crippen molar-refractivity contribution in [2.24, 2.45) is 0 Å². The highest BCUT2D eigenvalue weighted by Crippen LogP contribution is 2.23. The first-order valence-electron chi connectivity index (χ1n) is 6.21. The lowest BCUT2D eigenvalue weighted by molar-refractivity contribution is 0.123. The Morgan fingerprint density at radius 2 is 1.95 bits per heavy atom. The molecule has 108 valence electrons. The summed E-state index contributed by atoms with van der Waals surface area (Å²) in [6.45, 7) is -0.498. The number of hydrogen-bond donors (Lipinski definition) is 2. The summed E-state index contributed by atoms with van der Waals surface area (Å²) in [5.74, 6) is 0.505. The fraction of sp³-hybridized carbons (Fsp3) is 0.154. The molecule has 1 aromatic carbocycles. The number of halogens is 2. The number of anilines is 3. The maximum Gasteiger partial charge on any atom is 0.258 e. The minimum absolute atomic E-state index is 0.364. The van der Waals surface area contributed by atoms with E-state index in [1.54, 1.807) is 24.3 Å².